The van der Waals surface area contributed by atoms with E-state index in [1.807, 2.05) is 36.1 Å². The van der Waals surface area contributed by atoms with Crippen molar-refractivity contribution in [2.45, 2.75) is 32.0 Å². The van der Waals surface area contributed by atoms with Crippen molar-refractivity contribution in [1.82, 2.24) is 24.9 Å². The molecular formula is C30H40N6O5. The molecule has 2 unspecified atom stereocenters. The third kappa shape index (κ3) is 7.28. The SMILES string of the molecule is Cc1ccc(C(=O)N2CC(N(CCN3CCOCC3)Cc3ccc([N+](=O)[O-])cc3)CC2C(=O)N2CCNCC2)cc1. The first kappa shape index (κ1) is 29.1. The molecule has 0 spiro atoms. The number of benzene rings is 2. The monoisotopic (exact) mass is 564 g/mol. The largest absolute Gasteiger partial charge is 0.379 e. The molecule has 11 nitrogen and oxygen atoms in total. The lowest BCUT2D eigenvalue weighted by Crippen LogP contribution is -2.53. The lowest BCUT2D eigenvalue weighted by molar-refractivity contribution is -0.384. The van der Waals surface area contributed by atoms with Gasteiger partial charge in [0.15, 0.2) is 0 Å². The number of ether oxygens (including phenoxy) is 1. The zero-order valence-corrected chi connectivity index (χ0v) is 23.7. The van der Waals surface area contributed by atoms with E-state index < -0.39 is 11.0 Å². The molecule has 1 N–H and O–H groups in total. The van der Waals surface area contributed by atoms with Crippen molar-refractivity contribution in [3.8, 4) is 0 Å². The summed E-state index contributed by atoms with van der Waals surface area (Å²) in [5, 5.41) is 14.5. The number of carbonyl (C=O) groups is 2. The molecule has 3 aliphatic rings. The van der Waals surface area contributed by atoms with Gasteiger partial charge in [0, 0.05) is 89.2 Å². The van der Waals surface area contributed by atoms with Gasteiger partial charge in [-0.3, -0.25) is 29.5 Å². The van der Waals surface area contributed by atoms with E-state index in [4.69, 9.17) is 4.74 Å². The topological polar surface area (TPSA) is 112 Å². The number of rotatable bonds is 9. The second kappa shape index (κ2) is 13.5. The number of carbonyl (C=O) groups excluding carboxylic acids is 2. The summed E-state index contributed by atoms with van der Waals surface area (Å²) in [7, 11) is 0. The maximum absolute atomic E-state index is 13.8. The molecule has 5 rings (SSSR count). The number of aryl methyl sites for hydroxylation is 1. The van der Waals surface area contributed by atoms with Crippen molar-refractivity contribution in [2.24, 2.45) is 0 Å². The molecular weight excluding hydrogens is 524 g/mol. The van der Waals surface area contributed by atoms with Crippen LogP contribution in [0.4, 0.5) is 5.69 Å². The third-order valence-corrected chi connectivity index (χ3v) is 8.41. The predicted molar refractivity (Wildman–Crippen MR) is 155 cm³/mol. The highest BCUT2D eigenvalue weighted by Crippen LogP contribution is 2.28. The van der Waals surface area contributed by atoms with Gasteiger partial charge in [0.2, 0.25) is 5.91 Å². The number of morpholine rings is 1. The zero-order chi connectivity index (χ0) is 28.8. The Morgan fingerprint density at radius 3 is 2.37 bits per heavy atom. The van der Waals surface area contributed by atoms with Gasteiger partial charge in [0.25, 0.3) is 11.6 Å². The van der Waals surface area contributed by atoms with Gasteiger partial charge < -0.3 is 19.9 Å². The van der Waals surface area contributed by atoms with E-state index in [1.54, 1.807) is 17.0 Å². The molecule has 3 aliphatic heterocycles. The molecule has 0 bridgehead atoms. The number of non-ortho nitro benzene ring substituents is 1. The van der Waals surface area contributed by atoms with Crippen molar-refractivity contribution < 1.29 is 19.2 Å². The number of likely N-dealkylation sites (tertiary alicyclic amines) is 1. The van der Waals surface area contributed by atoms with Gasteiger partial charge in [0.1, 0.15) is 6.04 Å². The van der Waals surface area contributed by atoms with Crippen LogP contribution in [0.15, 0.2) is 48.5 Å². The first-order valence-corrected chi connectivity index (χ1v) is 14.5. The Kier molecular flexibility index (Phi) is 9.60. The number of hydrogen-bond acceptors (Lipinski definition) is 8. The van der Waals surface area contributed by atoms with Gasteiger partial charge in [-0.1, -0.05) is 29.8 Å². The number of nitrogens with zero attached hydrogens (tertiary/aromatic N) is 5. The number of nitrogens with one attached hydrogen (secondary N) is 1. The van der Waals surface area contributed by atoms with Crippen molar-refractivity contribution in [1.29, 1.82) is 0 Å². The van der Waals surface area contributed by atoms with Gasteiger partial charge in [-0.15, -0.1) is 0 Å². The Labute approximate surface area is 241 Å². The molecule has 2 aromatic rings. The van der Waals surface area contributed by atoms with Gasteiger partial charge in [-0.25, -0.2) is 0 Å². The van der Waals surface area contributed by atoms with Crippen LogP contribution in [0.2, 0.25) is 0 Å². The van der Waals surface area contributed by atoms with Crippen LogP contribution in [0, 0.1) is 17.0 Å². The zero-order valence-electron chi connectivity index (χ0n) is 23.7. The van der Waals surface area contributed by atoms with Crippen molar-refractivity contribution in [3.63, 3.8) is 0 Å². The minimum absolute atomic E-state index is 0.0120. The normalized spacial score (nSPS) is 21.8. The van der Waals surface area contributed by atoms with Crippen LogP contribution in [0.1, 0.15) is 27.9 Å². The number of hydrogen-bond donors (Lipinski definition) is 1. The molecule has 0 aromatic heterocycles. The van der Waals surface area contributed by atoms with E-state index in [0.29, 0.717) is 51.4 Å². The van der Waals surface area contributed by atoms with Crippen LogP contribution in [-0.4, -0.2) is 121 Å². The highest BCUT2D eigenvalue weighted by atomic mass is 16.6. The molecule has 2 aromatic carbocycles. The van der Waals surface area contributed by atoms with E-state index in [0.717, 1.165) is 50.4 Å². The van der Waals surface area contributed by atoms with Crippen molar-refractivity contribution in [3.05, 3.63) is 75.3 Å². The summed E-state index contributed by atoms with van der Waals surface area (Å²) < 4.78 is 5.52. The van der Waals surface area contributed by atoms with Crippen LogP contribution in [0.25, 0.3) is 0 Å². The molecule has 3 saturated heterocycles. The average molecular weight is 565 g/mol. The molecule has 0 aliphatic carbocycles. The Bertz CT molecular complexity index is 1190. The summed E-state index contributed by atoms with van der Waals surface area (Å²) >= 11 is 0. The fourth-order valence-corrected chi connectivity index (χ4v) is 5.94. The maximum Gasteiger partial charge on any atom is 0.269 e. The van der Waals surface area contributed by atoms with Crippen LogP contribution < -0.4 is 5.32 Å². The summed E-state index contributed by atoms with van der Waals surface area (Å²) in [6, 6.07) is 13.6. The van der Waals surface area contributed by atoms with Crippen LogP contribution in [-0.2, 0) is 16.1 Å². The summed E-state index contributed by atoms with van der Waals surface area (Å²) in [5.41, 5.74) is 2.69. The summed E-state index contributed by atoms with van der Waals surface area (Å²) in [6.07, 6.45) is 0.552. The van der Waals surface area contributed by atoms with E-state index >= 15 is 0 Å². The Morgan fingerprint density at radius 1 is 1.02 bits per heavy atom. The minimum Gasteiger partial charge on any atom is -0.379 e. The molecule has 220 valence electrons. The molecule has 11 heteroatoms. The molecule has 3 heterocycles. The Hall–Kier alpha value is -3.38. The first-order chi connectivity index (χ1) is 19.9. The summed E-state index contributed by atoms with van der Waals surface area (Å²) in [6.45, 7) is 10.6. The fourth-order valence-electron chi connectivity index (χ4n) is 5.94. The predicted octanol–water partition coefficient (Wildman–Crippen LogP) is 1.75. The Morgan fingerprint density at radius 2 is 1.71 bits per heavy atom. The molecule has 3 fully saturated rings. The summed E-state index contributed by atoms with van der Waals surface area (Å²) in [5.74, 6) is -0.109. The maximum atomic E-state index is 13.8. The summed E-state index contributed by atoms with van der Waals surface area (Å²) in [4.78, 5) is 46.8. The quantitative estimate of drug-likeness (QED) is 0.362. The second-order valence-electron chi connectivity index (χ2n) is 11.2. The second-order valence-corrected chi connectivity index (χ2v) is 11.2. The highest BCUT2D eigenvalue weighted by molar-refractivity contribution is 5.98. The standard InChI is InChI=1S/C30H40N6O5/c1-23-2-6-25(7-3-23)29(37)35-22-27(20-28(35)30(38)33-12-10-31-11-13-33)34(15-14-32-16-18-41-19-17-32)21-24-4-8-26(9-5-24)36(39)40/h2-9,27-28,31H,10-22H2,1H3. The molecule has 41 heavy (non-hydrogen) atoms. The molecule has 0 radical (unpaired) electrons. The number of nitro groups is 1. The van der Waals surface area contributed by atoms with Gasteiger partial charge in [-0.05, 0) is 31.0 Å². The van der Waals surface area contributed by atoms with Crippen LogP contribution >= 0.6 is 0 Å². The molecule has 2 atom stereocenters. The lowest BCUT2D eigenvalue weighted by atomic mass is 10.1. The molecule has 2 amide bonds. The molecule has 0 saturated carbocycles. The van der Waals surface area contributed by atoms with Gasteiger partial charge in [0.05, 0.1) is 18.1 Å². The number of amides is 2. The van der Waals surface area contributed by atoms with E-state index in [-0.39, 0.29) is 23.5 Å². The highest BCUT2D eigenvalue weighted by Gasteiger charge is 2.43. The third-order valence-electron chi connectivity index (χ3n) is 8.41. The van der Waals surface area contributed by atoms with Gasteiger partial charge in [-0.2, -0.15) is 0 Å². The number of nitro benzene ring substituents is 1. The van der Waals surface area contributed by atoms with E-state index in [1.165, 1.54) is 12.1 Å². The van der Waals surface area contributed by atoms with Crippen LogP contribution in [0.3, 0.4) is 0 Å². The van der Waals surface area contributed by atoms with Crippen LogP contribution in [0.5, 0.6) is 0 Å². The smallest absolute Gasteiger partial charge is 0.269 e. The first-order valence-electron chi connectivity index (χ1n) is 14.5. The van der Waals surface area contributed by atoms with Crippen molar-refractivity contribution >= 4 is 17.5 Å². The fraction of sp³-hybridized carbons (Fsp3) is 0.533. The average Bonchev–Trinajstić information content (AvgIpc) is 3.45. The van der Waals surface area contributed by atoms with E-state index in [2.05, 4.69) is 15.1 Å². The minimum atomic E-state index is -0.533. The Balaban J connectivity index is 1.39. The van der Waals surface area contributed by atoms with E-state index in [9.17, 15) is 19.7 Å². The van der Waals surface area contributed by atoms with Crippen molar-refractivity contribution in [2.75, 3.05) is 72.1 Å². The number of piperazine rings is 1. The lowest BCUT2D eigenvalue weighted by Gasteiger charge is -2.33. The van der Waals surface area contributed by atoms with Gasteiger partial charge >= 0.3 is 0 Å².